The van der Waals surface area contributed by atoms with E-state index in [-0.39, 0.29) is 6.03 Å². The van der Waals surface area contributed by atoms with Crippen LogP contribution in [0.4, 0.5) is 4.79 Å². The first-order valence-electron chi connectivity index (χ1n) is 8.02. The van der Waals surface area contributed by atoms with Crippen LogP contribution >= 0.6 is 11.3 Å². The van der Waals surface area contributed by atoms with Crippen LogP contribution in [-0.4, -0.2) is 66.8 Å². The lowest BCUT2D eigenvalue weighted by atomic mass is 9.97. The van der Waals surface area contributed by atoms with Gasteiger partial charge < -0.3 is 15.0 Å². The van der Waals surface area contributed by atoms with Crippen LogP contribution in [0.15, 0.2) is 11.6 Å². The molecular weight excluding hydrogens is 300 g/mol. The van der Waals surface area contributed by atoms with Crippen LogP contribution < -0.4 is 5.32 Å². The van der Waals surface area contributed by atoms with E-state index < -0.39 is 0 Å². The Morgan fingerprint density at radius 1 is 1.41 bits per heavy atom. The predicted molar refractivity (Wildman–Crippen MR) is 85.9 cm³/mol. The van der Waals surface area contributed by atoms with Gasteiger partial charge in [-0.1, -0.05) is 0 Å². The molecule has 0 saturated carbocycles. The molecule has 3 rings (SSSR count). The topological polar surface area (TPSA) is 57.7 Å². The van der Waals surface area contributed by atoms with E-state index >= 15 is 0 Å². The number of nitrogens with zero attached hydrogens (tertiary/aromatic N) is 3. The molecule has 1 N–H and O–H groups in total. The highest BCUT2D eigenvalue weighted by Gasteiger charge is 2.25. The standard InChI is InChI=1S/C15H24N4O2S/c20-15(17-10-14-16-3-9-22-14)19-4-1-2-13(12-19)11-18-5-7-21-8-6-18/h3,9,13H,1-2,4-8,10-12H2,(H,17,20). The average Bonchev–Trinajstić information content (AvgIpc) is 3.07. The van der Waals surface area contributed by atoms with Crippen LogP contribution in [0.2, 0.25) is 0 Å². The summed E-state index contributed by atoms with van der Waals surface area (Å²) in [6, 6.07) is 0.0434. The second-order valence-electron chi connectivity index (χ2n) is 5.95. The third-order valence-corrected chi connectivity index (χ3v) is 5.08. The molecule has 0 aliphatic carbocycles. The summed E-state index contributed by atoms with van der Waals surface area (Å²) >= 11 is 1.57. The van der Waals surface area contributed by atoms with Gasteiger partial charge >= 0.3 is 6.03 Å². The van der Waals surface area contributed by atoms with Crippen molar-refractivity contribution in [3.8, 4) is 0 Å². The maximum atomic E-state index is 12.3. The number of thiazole rings is 1. The average molecular weight is 324 g/mol. The van der Waals surface area contributed by atoms with E-state index in [4.69, 9.17) is 4.74 Å². The van der Waals surface area contributed by atoms with Gasteiger partial charge in [0.2, 0.25) is 0 Å². The number of nitrogens with one attached hydrogen (secondary N) is 1. The number of amides is 2. The Labute approximate surface area is 135 Å². The molecule has 2 aliphatic heterocycles. The molecule has 1 aromatic heterocycles. The van der Waals surface area contributed by atoms with Crippen LogP contribution in [0, 0.1) is 5.92 Å². The molecule has 2 fully saturated rings. The smallest absolute Gasteiger partial charge is 0.317 e. The van der Waals surface area contributed by atoms with Gasteiger partial charge in [0.05, 0.1) is 19.8 Å². The minimum absolute atomic E-state index is 0.0434. The monoisotopic (exact) mass is 324 g/mol. The molecule has 0 bridgehead atoms. The second kappa shape index (κ2) is 7.89. The van der Waals surface area contributed by atoms with Gasteiger partial charge in [0.1, 0.15) is 5.01 Å². The van der Waals surface area contributed by atoms with Crippen molar-refractivity contribution in [2.75, 3.05) is 45.9 Å². The Hall–Kier alpha value is -1.18. The van der Waals surface area contributed by atoms with Gasteiger partial charge in [-0.25, -0.2) is 9.78 Å². The quantitative estimate of drug-likeness (QED) is 0.909. The molecule has 2 saturated heterocycles. The predicted octanol–water partition coefficient (Wildman–Crippen LogP) is 1.40. The van der Waals surface area contributed by atoms with Gasteiger partial charge in [0.15, 0.2) is 0 Å². The zero-order chi connectivity index (χ0) is 15.2. The first kappa shape index (κ1) is 15.7. The van der Waals surface area contributed by atoms with Gasteiger partial charge in [-0.3, -0.25) is 4.90 Å². The summed E-state index contributed by atoms with van der Waals surface area (Å²) in [5.41, 5.74) is 0. The maximum Gasteiger partial charge on any atom is 0.317 e. The Kier molecular flexibility index (Phi) is 5.64. The van der Waals surface area contributed by atoms with E-state index in [2.05, 4.69) is 15.2 Å². The molecule has 2 aliphatic rings. The lowest BCUT2D eigenvalue weighted by Crippen LogP contribution is -2.48. The minimum Gasteiger partial charge on any atom is -0.379 e. The fourth-order valence-corrected chi connectivity index (χ4v) is 3.71. The highest BCUT2D eigenvalue weighted by molar-refractivity contribution is 7.09. The number of hydrogen-bond acceptors (Lipinski definition) is 5. The number of ether oxygens (including phenoxy) is 1. The number of carbonyl (C=O) groups excluding carboxylic acids is 1. The molecule has 122 valence electrons. The van der Waals surface area contributed by atoms with E-state index in [1.54, 1.807) is 17.5 Å². The Morgan fingerprint density at radius 2 is 2.27 bits per heavy atom. The maximum absolute atomic E-state index is 12.3. The van der Waals surface area contributed by atoms with E-state index in [1.165, 1.54) is 6.42 Å². The lowest BCUT2D eigenvalue weighted by molar-refractivity contribution is 0.0249. The summed E-state index contributed by atoms with van der Waals surface area (Å²) in [6.07, 6.45) is 4.08. The largest absolute Gasteiger partial charge is 0.379 e. The first-order valence-corrected chi connectivity index (χ1v) is 8.90. The summed E-state index contributed by atoms with van der Waals surface area (Å²) in [6.45, 7) is 7.06. The molecule has 3 heterocycles. The van der Waals surface area contributed by atoms with E-state index in [0.29, 0.717) is 12.5 Å². The number of likely N-dealkylation sites (tertiary alicyclic amines) is 1. The number of urea groups is 1. The summed E-state index contributed by atoms with van der Waals surface area (Å²) in [4.78, 5) is 20.9. The number of rotatable bonds is 4. The summed E-state index contributed by atoms with van der Waals surface area (Å²) in [7, 11) is 0. The number of hydrogen-bond donors (Lipinski definition) is 1. The second-order valence-corrected chi connectivity index (χ2v) is 6.93. The van der Waals surface area contributed by atoms with Crippen molar-refractivity contribution in [2.45, 2.75) is 19.4 Å². The molecule has 22 heavy (non-hydrogen) atoms. The summed E-state index contributed by atoms with van der Waals surface area (Å²) in [5.74, 6) is 0.581. The lowest BCUT2D eigenvalue weighted by Gasteiger charge is -2.36. The SMILES string of the molecule is O=C(NCc1nccs1)N1CCCC(CN2CCOCC2)C1. The third-order valence-electron chi connectivity index (χ3n) is 4.30. The van der Waals surface area contributed by atoms with Crippen molar-refractivity contribution in [2.24, 2.45) is 5.92 Å². The Balaban J connectivity index is 1.43. The molecule has 0 spiro atoms. The Bertz CT molecular complexity index is 462. The molecule has 6 nitrogen and oxygen atoms in total. The van der Waals surface area contributed by atoms with Gasteiger partial charge in [0, 0.05) is 44.3 Å². The van der Waals surface area contributed by atoms with Gasteiger partial charge in [-0.15, -0.1) is 11.3 Å². The van der Waals surface area contributed by atoms with Crippen molar-refractivity contribution in [1.82, 2.24) is 20.1 Å². The molecule has 1 aromatic rings. The van der Waals surface area contributed by atoms with Crippen LogP contribution in [0.3, 0.4) is 0 Å². The third kappa shape index (κ3) is 4.41. The number of morpholine rings is 1. The zero-order valence-corrected chi connectivity index (χ0v) is 13.7. The molecule has 0 radical (unpaired) electrons. The zero-order valence-electron chi connectivity index (χ0n) is 12.9. The van der Waals surface area contributed by atoms with E-state index in [1.807, 2.05) is 10.3 Å². The normalized spacial score (nSPS) is 23.5. The van der Waals surface area contributed by atoms with Crippen LogP contribution in [0.5, 0.6) is 0 Å². The number of piperidine rings is 1. The Morgan fingerprint density at radius 3 is 3.05 bits per heavy atom. The van der Waals surface area contributed by atoms with Crippen molar-refractivity contribution < 1.29 is 9.53 Å². The van der Waals surface area contributed by atoms with Crippen molar-refractivity contribution in [1.29, 1.82) is 0 Å². The van der Waals surface area contributed by atoms with Crippen molar-refractivity contribution in [3.05, 3.63) is 16.6 Å². The van der Waals surface area contributed by atoms with Gasteiger partial charge in [-0.05, 0) is 18.8 Å². The number of aromatic nitrogens is 1. The van der Waals surface area contributed by atoms with Crippen LogP contribution in [-0.2, 0) is 11.3 Å². The molecule has 1 unspecified atom stereocenters. The van der Waals surface area contributed by atoms with Crippen molar-refractivity contribution in [3.63, 3.8) is 0 Å². The number of carbonyl (C=O) groups is 1. The molecule has 0 aromatic carbocycles. The van der Waals surface area contributed by atoms with Gasteiger partial charge in [-0.2, -0.15) is 0 Å². The van der Waals surface area contributed by atoms with Crippen LogP contribution in [0.1, 0.15) is 17.8 Å². The van der Waals surface area contributed by atoms with E-state index in [0.717, 1.165) is 57.4 Å². The van der Waals surface area contributed by atoms with Gasteiger partial charge in [0.25, 0.3) is 0 Å². The highest BCUT2D eigenvalue weighted by atomic mass is 32.1. The van der Waals surface area contributed by atoms with E-state index in [9.17, 15) is 4.79 Å². The molecule has 7 heteroatoms. The molecule has 2 amide bonds. The minimum atomic E-state index is 0.0434. The fourth-order valence-electron chi connectivity index (χ4n) is 3.15. The summed E-state index contributed by atoms with van der Waals surface area (Å²) < 4.78 is 5.39. The highest BCUT2D eigenvalue weighted by Crippen LogP contribution is 2.18. The summed E-state index contributed by atoms with van der Waals surface area (Å²) in [5, 5.41) is 5.87. The fraction of sp³-hybridized carbons (Fsp3) is 0.733. The van der Waals surface area contributed by atoms with Crippen molar-refractivity contribution >= 4 is 17.4 Å². The molecular formula is C15H24N4O2S. The van der Waals surface area contributed by atoms with Crippen LogP contribution in [0.25, 0.3) is 0 Å². The molecule has 1 atom stereocenters. The first-order chi connectivity index (χ1) is 10.8.